The standard InChI is InChI=1S/C18H28N2O2/c1-13-7-4-5-9-17(13)16-11-15(3)20(12-16)18(22)19-14(2)8-6-10-21/h4-5,7,9,14-16,21H,6,8,10-12H2,1-3H3,(H,19,22). The van der Waals surface area contributed by atoms with E-state index in [-0.39, 0.29) is 24.7 Å². The fourth-order valence-electron chi connectivity index (χ4n) is 3.35. The summed E-state index contributed by atoms with van der Waals surface area (Å²) in [7, 11) is 0. The molecule has 1 aromatic carbocycles. The molecule has 4 heteroatoms. The molecule has 3 unspecified atom stereocenters. The van der Waals surface area contributed by atoms with Gasteiger partial charge in [-0.3, -0.25) is 0 Å². The van der Waals surface area contributed by atoms with Crippen molar-refractivity contribution in [3.8, 4) is 0 Å². The molecule has 0 aliphatic carbocycles. The van der Waals surface area contributed by atoms with Crippen LogP contribution < -0.4 is 5.32 Å². The minimum absolute atomic E-state index is 0.0222. The molecule has 0 aromatic heterocycles. The third-order valence-electron chi connectivity index (χ3n) is 4.63. The van der Waals surface area contributed by atoms with E-state index in [0.717, 1.165) is 25.8 Å². The lowest BCUT2D eigenvalue weighted by molar-refractivity contribution is 0.190. The lowest BCUT2D eigenvalue weighted by Gasteiger charge is -2.24. The Morgan fingerprint density at radius 1 is 1.45 bits per heavy atom. The summed E-state index contributed by atoms with van der Waals surface area (Å²) in [6.45, 7) is 7.21. The second-order valence-corrected chi connectivity index (χ2v) is 6.51. The van der Waals surface area contributed by atoms with Crippen molar-refractivity contribution in [1.29, 1.82) is 0 Å². The Kier molecular flexibility index (Phi) is 5.83. The average Bonchev–Trinajstić information content (AvgIpc) is 2.87. The zero-order valence-electron chi connectivity index (χ0n) is 13.9. The number of hydrogen-bond donors (Lipinski definition) is 2. The van der Waals surface area contributed by atoms with Gasteiger partial charge in [-0.25, -0.2) is 4.79 Å². The summed E-state index contributed by atoms with van der Waals surface area (Å²) < 4.78 is 0. The highest BCUT2D eigenvalue weighted by Crippen LogP contribution is 2.33. The molecule has 22 heavy (non-hydrogen) atoms. The molecule has 0 bridgehead atoms. The molecule has 2 N–H and O–H groups in total. The number of aryl methyl sites for hydroxylation is 1. The summed E-state index contributed by atoms with van der Waals surface area (Å²) >= 11 is 0. The summed E-state index contributed by atoms with van der Waals surface area (Å²) in [5.74, 6) is 0.426. The molecular formula is C18H28N2O2. The number of hydrogen-bond acceptors (Lipinski definition) is 2. The van der Waals surface area contributed by atoms with Crippen LogP contribution in [0.2, 0.25) is 0 Å². The maximum absolute atomic E-state index is 12.4. The van der Waals surface area contributed by atoms with Gasteiger partial charge in [-0.2, -0.15) is 0 Å². The maximum Gasteiger partial charge on any atom is 0.317 e. The monoisotopic (exact) mass is 304 g/mol. The number of rotatable bonds is 5. The van der Waals surface area contributed by atoms with E-state index in [1.807, 2.05) is 11.8 Å². The van der Waals surface area contributed by atoms with Crippen molar-refractivity contribution in [3.63, 3.8) is 0 Å². The van der Waals surface area contributed by atoms with Crippen LogP contribution in [0.15, 0.2) is 24.3 Å². The minimum atomic E-state index is 0.0222. The van der Waals surface area contributed by atoms with Gasteiger partial charge in [0.2, 0.25) is 0 Å². The van der Waals surface area contributed by atoms with Gasteiger partial charge in [-0.1, -0.05) is 24.3 Å². The first kappa shape index (κ1) is 16.8. The van der Waals surface area contributed by atoms with Gasteiger partial charge in [0, 0.05) is 31.2 Å². The molecule has 3 atom stereocenters. The second-order valence-electron chi connectivity index (χ2n) is 6.51. The highest BCUT2D eigenvalue weighted by Gasteiger charge is 2.34. The molecule has 1 heterocycles. The fraction of sp³-hybridized carbons (Fsp3) is 0.611. The molecule has 122 valence electrons. The lowest BCUT2D eigenvalue weighted by Crippen LogP contribution is -2.45. The van der Waals surface area contributed by atoms with Crippen LogP contribution in [0.3, 0.4) is 0 Å². The highest BCUT2D eigenvalue weighted by atomic mass is 16.3. The van der Waals surface area contributed by atoms with Crippen molar-refractivity contribution in [2.24, 2.45) is 0 Å². The first-order chi connectivity index (χ1) is 10.5. The van der Waals surface area contributed by atoms with Gasteiger partial charge in [0.25, 0.3) is 0 Å². The summed E-state index contributed by atoms with van der Waals surface area (Å²) in [6, 6.07) is 8.84. The van der Waals surface area contributed by atoms with Crippen LogP contribution in [-0.4, -0.2) is 41.3 Å². The number of aliphatic hydroxyl groups is 1. The minimum Gasteiger partial charge on any atom is -0.396 e. The van der Waals surface area contributed by atoms with E-state index >= 15 is 0 Å². The van der Waals surface area contributed by atoms with Crippen molar-refractivity contribution in [1.82, 2.24) is 10.2 Å². The molecule has 0 saturated carbocycles. The van der Waals surface area contributed by atoms with E-state index in [1.54, 1.807) is 0 Å². The van der Waals surface area contributed by atoms with Gasteiger partial charge in [0.05, 0.1) is 0 Å². The maximum atomic E-state index is 12.4. The Morgan fingerprint density at radius 3 is 2.86 bits per heavy atom. The molecule has 1 saturated heterocycles. The number of benzene rings is 1. The molecule has 2 amide bonds. The van der Waals surface area contributed by atoms with Crippen molar-refractivity contribution < 1.29 is 9.90 Å². The molecule has 1 aliphatic rings. The van der Waals surface area contributed by atoms with Gasteiger partial charge in [0.1, 0.15) is 0 Å². The van der Waals surface area contributed by atoms with E-state index in [0.29, 0.717) is 5.92 Å². The zero-order valence-corrected chi connectivity index (χ0v) is 13.9. The summed E-state index contributed by atoms with van der Waals surface area (Å²) in [5.41, 5.74) is 2.66. The van der Waals surface area contributed by atoms with Crippen LogP contribution in [0.1, 0.15) is 50.2 Å². The quantitative estimate of drug-likeness (QED) is 0.878. The van der Waals surface area contributed by atoms with E-state index in [4.69, 9.17) is 5.11 Å². The Bertz CT molecular complexity index is 504. The number of carbonyl (C=O) groups is 1. The smallest absolute Gasteiger partial charge is 0.317 e. The van der Waals surface area contributed by atoms with Crippen LogP contribution in [-0.2, 0) is 0 Å². The van der Waals surface area contributed by atoms with E-state index in [9.17, 15) is 4.79 Å². The normalized spacial score (nSPS) is 22.6. The van der Waals surface area contributed by atoms with Crippen LogP contribution in [0.25, 0.3) is 0 Å². The average molecular weight is 304 g/mol. The Labute approximate surface area is 133 Å². The largest absolute Gasteiger partial charge is 0.396 e. The molecule has 0 radical (unpaired) electrons. The Balaban J connectivity index is 1.96. The van der Waals surface area contributed by atoms with E-state index in [2.05, 4.69) is 43.4 Å². The van der Waals surface area contributed by atoms with Gasteiger partial charge in [-0.05, 0) is 51.2 Å². The number of likely N-dealkylation sites (tertiary alicyclic amines) is 1. The number of nitrogens with one attached hydrogen (secondary N) is 1. The highest BCUT2D eigenvalue weighted by molar-refractivity contribution is 5.75. The predicted molar refractivity (Wildman–Crippen MR) is 89.0 cm³/mol. The Morgan fingerprint density at radius 2 is 2.18 bits per heavy atom. The summed E-state index contributed by atoms with van der Waals surface area (Å²) in [6.07, 6.45) is 2.55. The predicted octanol–water partition coefficient (Wildman–Crippen LogP) is 3.04. The molecule has 0 spiro atoms. The zero-order chi connectivity index (χ0) is 16.1. The fourth-order valence-corrected chi connectivity index (χ4v) is 3.35. The first-order valence-electron chi connectivity index (χ1n) is 8.26. The lowest BCUT2D eigenvalue weighted by atomic mass is 9.93. The second kappa shape index (κ2) is 7.63. The molecule has 2 rings (SSSR count). The third-order valence-corrected chi connectivity index (χ3v) is 4.63. The van der Waals surface area contributed by atoms with E-state index < -0.39 is 0 Å². The molecule has 1 aromatic rings. The molecular weight excluding hydrogens is 276 g/mol. The molecule has 4 nitrogen and oxygen atoms in total. The Hall–Kier alpha value is -1.55. The third kappa shape index (κ3) is 4.01. The van der Waals surface area contributed by atoms with Crippen LogP contribution in [0.5, 0.6) is 0 Å². The number of nitrogens with zero attached hydrogens (tertiary/aromatic N) is 1. The van der Waals surface area contributed by atoms with Crippen molar-refractivity contribution >= 4 is 6.03 Å². The summed E-state index contributed by atoms with van der Waals surface area (Å²) in [5, 5.41) is 11.9. The van der Waals surface area contributed by atoms with E-state index in [1.165, 1.54) is 11.1 Å². The van der Waals surface area contributed by atoms with Gasteiger partial charge >= 0.3 is 6.03 Å². The van der Waals surface area contributed by atoms with Crippen LogP contribution in [0, 0.1) is 6.92 Å². The van der Waals surface area contributed by atoms with Crippen molar-refractivity contribution in [3.05, 3.63) is 35.4 Å². The topological polar surface area (TPSA) is 52.6 Å². The van der Waals surface area contributed by atoms with Crippen LogP contribution >= 0.6 is 0 Å². The van der Waals surface area contributed by atoms with Crippen LogP contribution in [0.4, 0.5) is 4.79 Å². The first-order valence-corrected chi connectivity index (χ1v) is 8.26. The number of carbonyl (C=O) groups excluding carboxylic acids is 1. The number of urea groups is 1. The van der Waals surface area contributed by atoms with Crippen molar-refractivity contribution in [2.45, 2.75) is 58.0 Å². The number of amides is 2. The number of aliphatic hydroxyl groups excluding tert-OH is 1. The molecule has 1 aliphatic heterocycles. The van der Waals surface area contributed by atoms with Gasteiger partial charge < -0.3 is 15.3 Å². The van der Waals surface area contributed by atoms with Gasteiger partial charge in [-0.15, -0.1) is 0 Å². The van der Waals surface area contributed by atoms with Crippen molar-refractivity contribution in [2.75, 3.05) is 13.2 Å². The van der Waals surface area contributed by atoms with Gasteiger partial charge in [0.15, 0.2) is 0 Å². The SMILES string of the molecule is Cc1ccccc1C1CC(C)N(C(=O)NC(C)CCCO)C1. The summed E-state index contributed by atoms with van der Waals surface area (Å²) in [4.78, 5) is 14.4. The molecule has 1 fully saturated rings.